The number of hydrogen-bond acceptors (Lipinski definition) is 4. The molecule has 0 aliphatic carbocycles. The zero-order chi connectivity index (χ0) is 13.7. The van der Waals surface area contributed by atoms with Crippen molar-refractivity contribution in [2.24, 2.45) is 5.92 Å². The van der Waals surface area contributed by atoms with Gasteiger partial charge in [0.2, 0.25) is 0 Å². The van der Waals surface area contributed by atoms with E-state index in [1.54, 1.807) is 0 Å². The third-order valence-corrected chi connectivity index (χ3v) is 5.74. The Balaban J connectivity index is 1.84. The number of nitrogens with zero attached hydrogens (tertiary/aromatic N) is 1. The van der Waals surface area contributed by atoms with Gasteiger partial charge in [-0.15, -0.1) is 0 Å². The van der Waals surface area contributed by atoms with E-state index in [0.717, 1.165) is 19.8 Å². The summed E-state index contributed by atoms with van der Waals surface area (Å²) < 4.78 is 6.16. The van der Waals surface area contributed by atoms with Crippen molar-refractivity contribution < 1.29 is 4.74 Å². The van der Waals surface area contributed by atoms with E-state index in [1.165, 1.54) is 38.2 Å². The van der Waals surface area contributed by atoms with E-state index in [4.69, 9.17) is 4.74 Å². The molecule has 19 heavy (non-hydrogen) atoms. The second kappa shape index (κ2) is 7.30. The molecule has 0 spiro atoms. The van der Waals surface area contributed by atoms with Crippen LogP contribution < -0.4 is 5.32 Å². The minimum atomic E-state index is 0.457. The Labute approximate surface area is 122 Å². The average Bonchev–Trinajstić information content (AvgIpc) is 2.54. The average molecular weight is 286 g/mol. The second-order valence-electron chi connectivity index (χ2n) is 6.45. The largest absolute Gasteiger partial charge is 0.381 e. The maximum Gasteiger partial charge on any atom is 0.0521 e. The van der Waals surface area contributed by atoms with Crippen LogP contribution in [0, 0.1) is 5.92 Å². The predicted molar refractivity (Wildman–Crippen MR) is 84.0 cm³/mol. The van der Waals surface area contributed by atoms with Crippen LogP contribution in [-0.4, -0.2) is 60.8 Å². The normalized spacial score (nSPS) is 33.0. The molecule has 0 amide bonds. The summed E-state index contributed by atoms with van der Waals surface area (Å²) in [5.41, 5.74) is 0. The lowest BCUT2D eigenvalue weighted by atomic mass is 9.94. The van der Waals surface area contributed by atoms with E-state index in [9.17, 15) is 0 Å². The fourth-order valence-electron chi connectivity index (χ4n) is 3.08. The van der Waals surface area contributed by atoms with Gasteiger partial charge >= 0.3 is 0 Å². The van der Waals surface area contributed by atoms with Gasteiger partial charge in [-0.1, -0.05) is 20.8 Å². The molecule has 112 valence electrons. The summed E-state index contributed by atoms with van der Waals surface area (Å²) in [7, 11) is 0. The summed E-state index contributed by atoms with van der Waals surface area (Å²) in [6.45, 7) is 13.6. The van der Waals surface area contributed by atoms with Gasteiger partial charge in [0.15, 0.2) is 0 Å². The number of hydrogen-bond donors (Lipinski definition) is 1. The van der Waals surface area contributed by atoms with E-state index >= 15 is 0 Å². The Morgan fingerprint density at radius 1 is 1.37 bits per heavy atom. The second-order valence-corrected chi connectivity index (χ2v) is 8.25. The van der Waals surface area contributed by atoms with Crippen molar-refractivity contribution in [3.8, 4) is 0 Å². The van der Waals surface area contributed by atoms with Gasteiger partial charge in [-0.3, -0.25) is 0 Å². The fourth-order valence-corrected chi connectivity index (χ4v) is 4.22. The quantitative estimate of drug-likeness (QED) is 0.856. The van der Waals surface area contributed by atoms with Crippen LogP contribution in [0.4, 0.5) is 0 Å². The molecule has 0 aromatic rings. The molecule has 0 radical (unpaired) electrons. The molecule has 2 fully saturated rings. The van der Waals surface area contributed by atoms with Crippen molar-refractivity contribution in [2.75, 3.05) is 45.1 Å². The molecule has 0 bridgehead atoms. The summed E-state index contributed by atoms with van der Waals surface area (Å²) in [5.74, 6) is 1.94. The summed E-state index contributed by atoms with van der Waals surface area (Å²) in [6, 6.07) is 0.655. The Morgan fingerprint density at radius 3 is 3.00 bits per heavy atom. The topological polar surface area (TPSA) is 24.5 Å². The predicted octanol–water partition coefficient (Wildman–Crippen LogP) is 2.22. The molecule has 2 rings (SSSR count). The molecular formula is C15H30N2OS. The van der Waals surface area contributed by atoms with Crippen molar-refractivity contribution in [3.63, 3.8) is 0 Å². The zero-order valence-corrected chi connectivity index (χ0v) is 13.6. The van der Waals surface area contributed by atoms with Crippen LogP contribution in [0.25, 0.3) is 0 Å². The van der Waals surface area contributed by atoms with Gasteiger partial charge in [0, 0.05) is 42.2 Å². The van der Waals surface area contributed by atoms with Gasteiger partial charge in [-0.05, 0) is 25.9 Å². The van der Waals surface area contributed by atoms with Crippen molar-refractivity contribution in [3.05, 3.63) is 0 Å². The molecule has 2 aliphatic heterocycles. The first-order valence-electron chi connectivity index (χ1n) is 7.78. The molecule has 0 aromatic carbocycles. The first-order chi connectivity index (χ1) is 9.11. The molecule has 3 nitrogen and oxygen atoms in total. The maximum atomic E-state index is 5.70. The molecular weight excluding hydrogens is 256 g/mol. The Morgan fingerprint density at radius 2 is 2.21 bits per heavy atom. The highest BCUT2D eigenvalue weighted by molar-refractivity contribution is 8.00. The summed E-state index contributed by atoms with van der Waals surface area (Å²) in [4.78, 5) is 2.66. The van der Waals surface area contributed by atoms with Gasteiger partial charge in [0.1, 0.15) is 0 Å². The molecule has 0 saturated carbocycles. The van der Waals surface area contributed by atoms with E-state index in [0.29, 0.717) is 16.7 Å². The zero-order valence-electron chi connectivity index (χ0n) is 12.8. The maximum absolute atomic E-state index is 5.70. The van der Waals surface area contributed by atoms with Crippen molar-refractivity contribution in [2.45, 2.75) is 44.4 Å². The van der Waals surface area contributed by atoms with E-state index in [2.05, 4.69) is 42.7 Å². The minimum absolute atomic E-state index is 0.457. The Hall–Kier alpha value is 0.230. The van der Waals surface area contributed by atoms with Crippen LogP contribution in [0.5, 0.6) is 0 Å². The number of thioether (sulfide) groups is 1. The molecule has 2 saturated heterocycles. The van der Waals surface area contributed by atoms with Gasteiger partial charge < -0.3 is 15.0 Å². The van der Waals surface area contributed by atoms with Crippen LogP contribution >= 0.6 is 11.8 Å². The van der Waals surface area contributed by atoms with Crippen molar-refractivity contribution in [1.29, 1.82) is 0 Å². The van der Waals surface area contributed by atoms with Crippen LogP contribution in [-0.2, 0) is 4.74 Å². The number of rotatable bonds is 4. The van der Waals surface area contributed by atoms with E-state index in [-0.39, 0.29) is 0 Å². The number of ether oxygens (including phenoxy) is 1. The lowest BCUT2D eigenvalue weighted by Gasteiger charge is -2.35. The van der Waals surface area contributed by atoms with E-state index in [1.807, 2.05) is 0 Å². The van der Waals surface area contributed by atoms with E-state index < -0.39 is 0 Å². The monoisotopic (exact) mass is 286 g/mol. The molecule has 0 aromatic heterocycles. The van der Waals surface area contributed by atoms with Crippen molar-refractivity contribution in [1.82, 2.24) is 10.2 Å². The smallest absolute Gasteiger partial charge is 0.0521 e. The lowest BCUT2D eigenvalue weighted by molar-refractivity contribution is 0.0176. The standard InChI is InChI=1S/C15H30N2OS/c1-4-16-14-5-9-18-12-13(14)11-17-7-6-15(2,3)19-10-8-17/h13-14,16H,4-12H2,1-3H3. The van der Waals surface area contributed by atoms with Gasteiger partial charge in [-0.2, -0.15) is 11.8 Å². The SMILES string of the molecule is CCNC1CCOCC1CN1CCSC(C)(C)CC1. The lowest BCUT2D eigenvalue weighted by Crippen LogP contribution is -2.48. The van der Waals surface area contributed by atoms with Crippen molar-refractivity contribution >= 4 is 11.8 Å². The van der Waals surface area contributed by atoms with Gasteiger partial charge in [0.25, 0.3) is 0 Å². The Bertz CT molecular complexity index is 271. The third-order valence-electron chi connectivity index (χ3n) is 4.36. The Kier molecular flexibility index (Phi) is 6.00. The first-order valence-corrected chi connectivity index (χ1v) is 8.77. The minimum Gasteiger partial charge on any atom is -0.381 e. The first kappa shape index (κ1) is 15.6. The van der Waals surface area contributed by atoms with Crippen LogP contribution in [0.15, 0.2) is 0 Å². The fraction of sp³-hybridized carbons (Fsp3) is 1.00. The van der Waals surface area contributed by atoms with Gasteiger partial charge in [-0.25, -0.2) is 0 Å². The van der Waals surface area contributed by atoms with Crippen LogP contribution in [0.1, 0.15) is 33.6 Å². The molecule has 4 heteroatoms. The summed E-state index contributed by atoms with van der Waals surface area (Å²) in [6.07, 6.45) is 2.48. The van der Waals surface area contributed by atoms with Crippen LogP contribution in [0.3, 0.4) is 0 Å². The molecule has 2 aliphatic rings. The molecule has 2 heterocycles. The van der Waals surface area contributed by atoms with Gasteiger partial charge in [0.05, 0.1) is 6.61 Å². The molecule has 2 unspecified atom stereocenters. The number of nitrogens with one attached hydrogen (secondary N) is 1. The summed E-state index contributed by atoms with van der Waals surface area (Å²) in [5, 5.41) is 3.64. The highest BCUT2D eigenvalue weighted by atomic mass is 32.2. The third kappa shape index (κ3) is 4.92. The molecule has 2 atom stereocenters. The summed E-state index contributed by atoms with van der Waals surface area (Å²) >= 11 is 2.13. The highest BCUT2D eigenvalue weighted by Gasteiger charge is 2.29. The van der Waals surface area contributed by atoms with Crippen LogP contribution in [0.2, 0.25) is 0 Å². The highest BCUT2D eigenvalue weighted by Crippen LogP contribution is 2.31. The molecule has 1 N–H and O–H groups in total.